The summed E-state index contributed by atoms with van der Waals surface area (Å²) >= 11 is 6.10. The van der Waals surface area contributed by atoms with Crippen LogP contribution in [0.2, 0.25) is 5.02 Å². The van der Waals surface area contributed by atoms with Gasteiger partial charge in [0, 0.05) is 11.2 Å². The minimum Gasteiger partial charge on any atom is -0.342 e. The second-order valence-electron chi connectivity index (χ2n) is 6.43. The van der Waals surface area contributed by atoms with Gasteiger partial charge in [-0.3, -0.25) is 9.20 Å². The predicted molar refractivity (Wildman–Crippen MR) is 107 cm³/mol. The number of fused-ring (bicyclic) bond motifs is 1. The average Bonchev–Trinajstić information content (AvgIpc) is 3.32. The molecule has 0 fully saturated rings. The fourth-order valence-corrected chi connectivity index (χ4v) is 3.41. The molecule has 4 rings (SSSR count). The fourth-order valence-electron chi connectivity index (χ4n) is 3.23. The number of benzene rings is 1. The highest BCUT2D eigenvalue weighted by Crippen LogP contribution is 2.20. The van der Waals surface area contributed by atoms with Crippen LogP contribution < -0.4 is 5.32 Å². The SMILES string of the molecule is CCc1c(C(=O)NC(C)c2nnc3ccccn23)cnn1-c1cccc(Cl)c1. The van der Waals surface area contributed by atoms with E-state index in [1.165, 1.54) is 0 Å². The largest absolute Gasteiger partial charge is 0.342 e. The van der Waals surface area contributed by atoms with Crippen LogP contribution in [-0.2, 0) is 6.42 Å². The van der Waals surface area contributed by atoms with Gasteiger partial charge in [-0.1, -0.05) is 30.7 Å². The molecular weight excluding hydrogens is 376 g/mol. The molecule has 0 aliphatic heterocycles. The van der Waals surface area contributed by atoms with Crippen molar-refractivity contribution >= 4 is 23.2 Å². The van der Waals surface area contributed by atoms with Crippen molar-refractivity contribution < 1.29 is 4.79 Å². The van der Waals surface area contributed by atoms with Crippen molar-refractivity contribution in [2.45, 2.75) is 26.3 Å². The summed E-state index contributed by atoms with van der Waals surface area (Å²) in [5.74, 6) is 0.467. The number of nitrogens with zero attached hydrogens (tertiary/aromatic N) is 5. The van der Waals surface area contributed by atoms with E-state index in [4.69, 9.17) is 11.6 Å². The van der Waals surface area contributed by atoms with Crippen molar-refractivity contribution in [1.82, 2.24) is 29.7 Å². The summed E-state index contributed by atoms with van der Waals surface area (Å²) in [6, 6.07) is 12.7. The van der Waals surface area contributed by atoms with Gasteiger partial charge in [0.2, 0.25) is 0 Å². The molecule has 0 saturated carbocycles. The molecule has 1 N–H and O–H groups in total. The maximum absolute atomic E-state index is 12.9. The quantitative estimate of drug-likeness (QED) is 0.560. The van der Waals surface area contributed by atoms with Gasteiger partial charge < -0.3 is 5.32 Å². The molecule has 0 aliphatic carbocycles. The molecule has 0 radical (unpaired) electrons. The molecule has 1 aromatic carbocycles. The van der Waals surface area contributed by atoms with Gasteiger partial charge >= 0.3 is 0 Å². The molecular formula is C20H19ClN6O. The maximum Gasteiger partial charge on any atom is 0.255 e. The molecule has 4 aromatic rings. The van der Waals surface area contributed by atoms with Crippen molar-refractivity contribution in [3.63, 3.8) is 0 Å². The van der Waals surface area contributed by atoms with Crippen molar-refractivity contribution in [1.29, 1.82) is 0 Å². The lowest BCUT2D eigenvalue weighted by Crippen LogP contribution is -2.28. The van der Waals surface area contributed by atoms with E-state index in [-0.39, 0.29) is 11.9 Å². The second-order valence-corrected chi connectivity index (χ2v) is 6.87. The number of amides is 1. The summed E-state index contributed by atoms with van der Waals surface area (Å²) in [4.78, 5) is 12.9. The van der Waals surface area contributed by atoms with Crippen LogP contribution in [0.4, 0.5) is 0 Å². The summed E-state index contributed by atoms with van der Waals surface area (Å²) in [5, 5.41) is 16.4. The second kappa shape index (κ2) is 7.44. The zero-order valence-corrected chi connectivity index (χ0v) is 16.3. The highest BCUT2D eigenvalue weighted by molar-refractivity contribution is 6.30. The third kappa shape index (κ3) is 3.25. The summed E-state index contributed by atoms with van der Waals surface area (Å²) < 4.78 is 3.61. The molecule has 3 heterocycles. The first kappa shape index (κ1) is 18.2. The van der Waals surface area contributed by atoms with Crippen LogP contribution in [0, 0.1) is 0 Å². The van der Waals surface area contributed by atoms with Crippen LogP contribution in [0.1, 0.15) is 41.8 Å². The van der Waals surface area contributed by atoms with E-state index >= 15 is 0 Å². The van der Waals surface area contributed by atoms with E-state index in [0.717, 1.165) is 17.0 Å². The predicted octanol–water partition coefficient (Wildman–Crippen LogP) is 3.62. The van der Waals surface area contributed by atoms with Crippen molar-refractivity contribution in [2.24, 2.45) is 0 Å². The Morgan fingerprint density at radius 3 is 2.86 bits per heavy atom. The Labute approximate surface area is 167 Å². The van der Waals surface area contributed by atoms with Gasteiger partial charge in [0.25, 0.3) is 5.91 Å². The summed E-state index contributed by atoms with van der Waals surface area (Å²) in [6.45, 7) is 3.87. The van der Waals surface area contributed by atoms with E-state index < -0.39 is 0 Å². The minimum atomic E-state index is -0.316. The third-order valence-electron chi connectivity index (χ3n) is 4.58. The van der Waals surface area contributed by atoms with E-state index in [9.17, 15) is 4.79 Å². The third-order valence-corrected chi connectivity index (χ3v) is 4.81. The van der Waals surface area contributed by atoms with E-state index in [0.29, 0.717) is 22.8 Å². The number of nitrogens with one attached hydrogen (secondary N) is 1. The summed E-state index contributed by atoms with van der Waals surface area (Å²) in [7, 11) is 0. The Balaban J connectivity index is 1.61. The molecule has 1 unspecified atom stereocenters. The lowest BCUT2D eigenvalue weighted by molar-refractivity contribution is 0.0937. The number of carbonyl (C=O) groups is 1. The van der Waals surface area contributed by atoms with Gasteiger partial charge in [-0.05, 0) is 43.7 Å². The topological polar surface area (TPSA) is 77.1 Å². The number of rotatable bonds is 5. The first-order chi connectivity index (χ1) is 13.6. The van der Waals surface area contributed by atoms with Gasteiger partial charge in [-0.25, -0.2) is 4.68 Å². The molecule has 8 heteroatoms. The molecule has 1 atom stereocenters. The van der Waals surface area contributed by atoms with Gasteiger partial charge in [0.15, 0.2) is 11.5 Å². The molecule has 0 saturated heterocycles. The van der Waals surface area contributed by atoms with E-state index in [1.807, 2.05) is 60.8 Å². The van der Waals surface area contributed by atoms with E-state index in [2.05, 4.69) is 20.6 Å². The van der Waals surface area contributed by atoms with Gasteiger partial charge in [0.05, 0.1) is 29.2 Å². The summed E-state index contributed by atoms with van der Waals surface area (Å²) in [6.07, 6.45) is 4.11. The van der Waals surface area contributed by atoms with Crippen LogP contribution in [0.3, 0.4) is 0 Å². The summed E-state index contributed by atoms with van der Waals surface area (Å²) in [5.41, 5.74) is 2.91. The van der Waals surface area contributed by atoms with Crippen LogP contribution in [0.5, 0.6) is 0 Å². The highest BCUT2D eigenvalue weighted by atomic mass is 35.5. The first-order valence-electron chi connectivity index (χ1n) is 9.02. The Morgan fingerprint density at radius 1 is 1.21 bits per heavy atom. The van der Waals surface area contributed by atoms with Crippen molar-refractivity contribution in [3.8, 4) is 5.69 Å². The Bertz CT molecular complexity index is 1150. The monoisotopic (exact) mass is 394 g/mol. The van der Waals surface area contributed by atoms with E-state index in [1.54, 1.807) is 16.9 Å². The lowest BCUT2D eigenvalue weighted by Gasteiger charge is -2.13. The molecule has 0 bridgehead atoms. The van der Waals surface area contributed by atoms with Crippen LogP contribution in [0.25, 0.3) is 11.3 Å². The van der Waals surface area contributed by atoms with Crippen molar-refractivity contribution in [3.05, 3.63) is 77.0 Å². The van der Waals surface area contributed by atoms with Gasteiger partial charge in [-0.2, -0.15) is 5.10 Å². The zero-order valence-electron chi connectivity index (χ0n) is 15.5. The standard InChI is InChI=1S/C20H19ClN6O/c1-3-17-16(12-22-27(17)15-8-6-7-14(21)11-15)20(28)23-13(2)19-25-24-18-9-4-5-10-26(18)19/h4-13H,3H2,1-2H3,(H,23,28). The molecule has 28 heavy (non-hydrogen) atoms. The smallest absolute Gasteiger partial charge is 0.255 e. The van der Waals surface area contributed by atoms with Crippen LogP contribution >= 0.6 is 11.6 Å². The Kier molecular flexibility index (Phi) is 4.83. The van der Waals surface area contributed by atoms with Gasteiger partial charge in [0.1, 0.15) is 0 Å². The Morgan fingerprint density at radius 2 is 2.07 bits per heavy atom. The highest BCUT2D eigenvalue weighted by Gasteiger charge is 2.21. The Hall–Kier alpha value is -3.19. The van der Waals surface area contributed by atoms with Crippen LogP contribution in [-0.4, -0.2) is 30.3 Å². The van der Waals surface area contributed by atoms with Crippen LogP contribution in [0.15, 0.2) is 54.9 Å². The molecule has 1 amide bonds. The molecule has 0 spiro atoms. The molecule has 142 valence electrons. The maximum atomic E-state index is 12.9. The first-order valence-corrected chi connectivity index (χ1v) is 9.39. The minimum absolute atomic E-state index is 0.203. The lowest BCUT2D eigenvalue weighted by atomic mass is 10.1. The number of hydrogen-bond acceptors (Lipinski definition) is 4. The fraction of sp³-hybridized carbons (Fsp3) is 0.200. The molecule has 7 nitrogen and oxygen atoms in total. The number of pyridine rings is 1. The number of aromatic nitrogens is 5. The van der Waals surface area contributed by atoms with Crippen molar-refractivity contribution in [2.75, 3.05) is 0 Å². The zero-order chi connectivity index (χ0) is 19.7. The van der Waals surface area contributed by atoms with Gasteiger partial charge in [-0.15, -0.1) is 10.2 Å². The number of carbonyl (C=O) groups excluding carboxylic acids is 1. The average molecular weight is 395 g/mol. The number of hydrogen-bond donors (Lipinski definition) is 1. The molecule has 0 aliphatic rings. The number of halogens is 1. The molecule has 3 aromatic heterocycles. The normalized spacial score (nSPS) is 12.2.